The molecule has 1 atom stereocenters. The Bertz CT molecular complexity index is 488. The van der Waals surface area contributed by atoms with Gasteiger partial charge in [0, 0.05) is 35.5 Å². The minimum atomic E-state index is -2.75. The molecule has 104 valence electrons. The Morgan fingerprint density at radius 3 is 2.79 bits per heavy atom. The number of nitrogens with one attached hydrogen (secondary N) is 2. The van der Waals surface area contributed by atoms with E-state index in [-0.39, 0.29) is 22.5 Å². The standard InChI is InChI=1S/C12H15F2N3O2/c1-12(4-5-15-7-12)16-10-3-2-8(17(18)19)6-9(10)11(13)14/h2-3,6,11,15-16H,4-5,7H2,1H3. The average molecular weight is 271 g/mol. The number of non-ortho nitro benzene ring substituents is 1. The Labute approximate surface area is 109 Å². The summed E-state index contributed by atoms with van der Waals surface area (Å²) >= 11 is 0. The average Bonchev–Trinajstić information content (AvgIpc) is 2.75. The zero-order valence-corrected chi connectivity index (χ0v) is 10.5. The molecule has 2 N–H and O–H groups in total. The Hall–Kier alpha value is -1.76. The van der Waals surface area contributed by atoms with E-state index in [1.165, 1.54) is 12.1 Å². The summed E-state index contributed by atoms with van der Waals surface area (Å²) in [5, 5.41) is 16.8. The molecule has 5 nitrogen and oxygen atoms in total. The summed E-state index contributed by atoms with van der Waals surface area (Å²) in [7, 11) is 0. The molecule has 7 heteroatoms. The summed E-state index contributed by atoms with van der Waals surface area (Å²) in [6, 6.07) is 3.52. The van der Waals surface area contributed by atoms with Crippen LogP contribution in [0.15, 0.2) is 18.2 Å². The molecule has 1 saturated heterocycles. The molecule has 0 amide bonds. The van der Waals surface area contributed by atoms with Crippen molar-refractivity contribution >= 4 is 11.4 Å². The van der Waals surface area contributed by atoms with Crippen molar-refractivity contribution in [2.45, 2.75) is 25.3 Å². The number of anilines is 1. The monoisotopic (exact) mass is 271 g/mol. The maximum absolute atomic E-state index is 13.0. The first kappa shape index (κ1) is 13.7. The van der Waals surface area contributed by atoms with Gasteiger partial charge in [0.15, 0.2) is 0 Å². The highest BCUT2D eigenvalue weighted by atomic mass is 19.3. The first-order valence-electron chi connectivity index (χ1n) is 5.97. The van der Waals surface area contributed by atoms with Crippen LogP contribution < -0.4 is 10.6 Å². The van der Waals surface area contributed by atoms with Crippen molar-refractivity contribution in [1.82, 2.24) is 5.32 Å². The molecule has 0 spiro atoms. The van der Waals surface area contributed by atoms with Gasteiger partial charge in [0.1, 0.15) is 0 Å². The number of rotatable bonds is 4. The lowest BCUT2D eigenvalue weighted by Crippen LogP contribution is -2.37. The van der Waals surface area contributed by atoms with Gasteiger partial charge < -0.3 is 10.6 Å². The number of nitrogens with zero attached hydrogens (tertiary/aromatic N) is 1. The van der Waals surface area contributed by atoms with Crippen LogP contribution in [0, 0.1) is 10.1 Å². The molecule has 1 aliphatic rings. The molecule has 2 rings (SSSR count). The maximum atomic E-state index is 13.0. The smallest absolute Gasteiger partial charge is 0.270 e. The largest absolute Gasteiger partial charge is 0.378 e. The van der Waals surface area contributed by atoms with E-state index >= 15 is 0 Å². The van der Waals surface area contributed by atoms with Gasteiger partial charge in [-0.2, -0.15) is 0 Å². The minimum Gasteiger partial charge on any atom is -0.378 e. The number of hydrogen-bond acceptors (Lipinski definition) is 4. The van der Waals surface area contributed by atoms with Gasteiger partial charge in [0.05, 0.1) is 4.92 Å². The van der Waals surface area contributed by atoms with Crippen molar-refractivity contribution in [2.75, 3.05) is 18.4 Å². The second-order valence-corrected chi connectivity index (χ2v) is 4.94. The van der Waals surface area contributed by atoms with Crippen LogP contribution in [0.4, 0.5) is 20.2 Å². The second-order valence-electron chi connectivity index (χ2n) is 4.94. The highest BCUT2D eigenvalue weighted by molar-refractivity contribution is 5.58. The van der Waals surface area contributed by atoms with Crippen molar-refractivity contribution in [3.05, 3.63) is 33.9 Å². The quantitative estimate of drug-likeness (QED) is 0.652. The van der Waals surface area contributed by atoms with E-state index < -0.39 is 11.3 Å². The number of halogens is 2. The number of nitro benzene ring substituents is 1. The van der Waals surface area contributed by atoms with Gasteiger partial charge in [-0.3, -0.25) is 10.1 Å². The van der Waals surface area contributed by atoms with Gasteiger partial charge in [0.25, 0.3) is 12.1 Å². The van der Waals surface area contributed by atoms with E-state index in [1.54, 1.807) is 0 Å². The van der Waals surface area contributed by atoms with Gasteiger partial charge >= 0.3 is 0 Å². The molecule has 0 radical (unpaired) electrons. The Kier molecular flexibility index (Phi) is 3.66. The summed E-state index contributed by atoms with van der Waals surface area (Å²) in [6.45, 7) is 3.43. The van der Waals surface area contributed by atoms with E-state index in [0.29, 0.717) is 6.54 Å². The van der Waals surface area contributed by atoms with E-state index in [9.17, 15) is 18.9 Å². The van der Waals surface area contributed by atoms with Crippen molar-refractivity contribution in [1.29, 1.82) is 0 Å². The number of alkyl halides is 2. The van der Waals surface area contributed by atoms with Crippen LogP contribution >= 0.6 is 0 Å². The first-order chi connectivity index (χ1) is 8.91. The van der Waals surface area contributed by atoms with Gasteiger partial charge in [-0.15, -0.1) is 0 Å². The lowest BCUT2D eigenvalue weighted by molar-refractivity contribution is -0.385. The third kappa shape index (κ3) is 2.98. The van der Waals surface area contributed by atoms with Gasteiger partial charge in [0.2, 0.25) is 0 Å². The highest BCUT2D eigenvalue weighted by Crippen LogP contribution is 2.33. The van der Waals surface area contributed by atoms with Gasteiger partial charge in [-0.1, -0.05) is 0 Å². The first-order valence-corrected chi connectivity index (χ1v) is 5.97. The molecule has 1 fully saturated rings. The predicted octanol–water partition coefficient (Wildman–Crippen LogP) is 2.70. The lowest BCUT2D eigenvalue weighted by Gasteiger charge is -2.27. The molecule has 0 saturated carbocycles. The van der Waals surface area contributed by atoms with E-state index in [2.05, 4.69) is 10.6 Å². The van der Waals surface area contributed by atoms with E-state index in [1.807, 2.05) is 6.92 Å². The van der Waals surface area contributed by atoms with E-state index in [0.717, 1.165) is 19.0 Å². The molecule has 0 aromatic heterocycles. The Morgan fingerprint density at radius 1 is 1.53 bits per heavy atom. The normalized spacial score (nSPS) is 22.7. The zero-order valence-electron chi connectivity index (χ0n) is 10.5. The molecule has 0 aliphatic carbocycles. The number of hydrogen-bond donors (Lipinski definition) is 2. The second kappa shape index (κ2) is 5.08. The summed E-state index contributed by atoms with van der Waals surface area (Å²) in [5.74, 6) is 0. The zero-order chi connectivity index (χ0) is 14.0. The third-order valence-corrected chi connectivity index (χ3v) is 3.29. The van der Waals surface area contributed by atoms with Crippen molar-refractivity contribution < 1.29 is 13.7 Å². The van der Waals surface area contributed by atoms with Crippen LogP contribution in [0.25, 0.3) is 0 Å². The van der Waals surface area contributed by atoms with Crippen LogP contribution in [-0.2, 0) is 0 Å². The Morgan fingerprint density at radius 2 is 2.26 bits per heavy atom. The Balaban J connectivity index is 2.31. The van der Waals surface area contributed by atoms with Crippen LogP contribution in [0.2, 0.25) is 0 Å². The van der Waals surface area contributed by atoms with Crippen molar-refractivity contribution in [3.63, 3.8) is 0 Å². The van der Waals surface area contributed by atoms with Gasteiger partial charge in [-0.05, 0) is 26.0 Å². The number of nitro groups is 1. The number of benzene rings is 1. The van der Waals surface area contributed by atoms with Crippen LogP contribution in [0.3, 0.4) is 0 Å². The third-order valence-electron chi connectivity index (χ3n) is 3.29. The maximum Gasteiger partial charge on any atom is 0.270 e. The topological polar surface area (TPSA) is 67.2 Å². The molecule has 1 aliphatic heterocycles. The molecular weight excluding hydrogens is 256 g/mol. The minimum absolute atomic E-state index is 0.256. The van der Waals surface area contributed by atoms with Crippen LogP contribution in [0.1, 0.15) is 25.3 Å². The summed E-state index contributed by atoms with van der Waals surface area (Å²) in [5.41, 5.74) is -0.704. The summed E-state index contributed by atoms with van der Waals surface area (Å²) in [4.78, 5) is 9.95. The van der Waals surface area contributed by atoms with E-state index in [4.69, 9.17) is 0 Å². The fraction of sp³-hybridized carbons (Fsp3) is 0.500. The molecule has 0 bridgehead atoms. The molecule has 1 aromatic carbocycles. The van der Waals surface area contributed by atoms with Crippen LogP contribution in [-0.4, -0.2) is 23.6 Å². The molecule has 1 aromatic rings. The van der Waals surface area contributed by atoms with Crippen LogP contribution in [0.5, 0.6) is 0 Å². The summed E-state index contributed by atoms with van der Waals surface area (Å²) in [6.07, 6.45) is -1.94. The predicted molar refractivity (Wildman–Crippen MR) is 67.6 cm³/mol. The SMILES string of the molecule is CC1(Nc2ccc([N+](=O)[O-])cc2C(F)F)CCNC1. The fourth-order valence-electron chi connectivity index (χ4n) is 2.21. The van der Waals surface area contributed by atoms with Crippen molar-refractivity contribution in [2.24, 2.45) is 0 Å². The van der Waals surface area contributed by atoms with Crippen molar-refractivity contribution in [3.8, 4) is 0 Å². The summed E-state index contributed by atoms with van der Waals surface area (Å²) < 4.78 is 26.0. The van der Waals surface area contributed by atoms with Gasteiger partial charge in [-0.25, -0.2) is 8.78 Å². The lowest BCUT2D eigenvalue weighted by atomic mass is 10.00. The molecule has 1 unspecified atom stereocenters. The molecule has 1 heterocycles. The fourth-order valence-corrected chi connectivity index (χ4v) is 2.21. The molecular formula is C12H15F2N3O2. The highest BCUT2D eigenvalue weighted by Gasteiger charge is 2.30. The molecule has 19 heavy (non-hydrogen) atoms.